The van der Waals surface area contributed by atoms with Gasteiger partial charge in [-0.15, -0.1) is 11.3 Å². The van der Waals surface area contributed by atoms with Gasteiger partial charge in [-0.25, -0.2) is 9.18 Å². The molecule has 0 radical (unpaired) electrons. The van der Waals surface area contributed by atoms with Crippen LogP contribution in [0.5, 0.6) is 5.75 Å². The highest BCUT2D eigenvalue weighted by Gasteiger charge is 2.09. The predicted molar refractivity (Wildman–Crippen MR) is 79.5 cm³/mol. The van der Waals surface area contributed by atoms with Crippen molar-refractivity contribution in [2.75, 3.05) is 0 Å². The van der Waals surface area contributed by atoms with E-state index in [0.29, 0.717) is 12.4 Å². The van der Waals surface area contributed by atoms with Gasteiger partial charge < -0.3 is 9.84 Å². The number of rotatable bonds is 4. The quantitative estimate of drug-likeness (QED) is 0.781. The van der Waals surface area contributed by atoms with Crippen molar-refractivity contribution < 1.29 is 19.0 Å². The van der Waals surface area contributed by atoms with Gasteiger partial charge in [-0.1, -0.05) is 0 Å². The van der Waals surface area contributed by atoms with Gasteiger partial charge in [0.05, 0.1) is 5.56 Å². The van der Waals surface area contributed by atoms with Gasteiger partial charge in [-0.2, -0.15) is 0 Å². The zero-order valence-corrected chi connectivity index (χ0v) is 11.7. The molecule has 21 heavy (non-hydrogen) atoms. The second kappa shape index (κ2) is 5.54. The van der Waals surface area contributed by atoms with E-state index in [1.165, 1.54) is 23.5 Å². The zero-order valence-electron chi connectivity index (χ0n) is 10.9. The second-order valence-corrected chi connectivity index (χ2v) is 5.43. The first kappa shape index (κ1) is 13.6. The first-order valence-electron chi connectivity index (χ1n) is 6.25. The van der Waals surface area contributed by atoms with Crippen molar-refractivity contribution in [1.29, 1.82) is 0 Å². The van der Waals surface area contributed by atoms with E-state index in [1.54, 1.807) is 30.3 Å². The number of hydrogen-bond donors (Lipinski definition) is 1. The van der Waals surface area contributed by atoms with Gasteiger partial charge in [-0.3, -0.25) is 0 Å². The summed E-state index contributed by atoms with van der Waals surface area (Å²) in [5, 5.41) is 11.9. The molecule has 0 bridgehead atoms. The van der Waals surface area contributed by atoms with Crippen LogP contribution < -0.4 is 4.74 Å². The fraction of sp³-hybridized carbons (Fsp3) is 0.0625. The van der Waals surface area contributed by atoms with Gasteiger partial charge in [0.1, 0.15) is 18.2 Å². The molecule has 0 atom stereocenters. The molecule has 1 aromatic heterocycles. The Morgan fingerprint density at radius 2 is 1.95 bits per heavy atom. The van der Waals surface area contributed by atoms with Crippen LogP contribution >= 0.6 is 11.3 Å². The van der Waals surface area contributed by atoms with Crippen molar-refractivity contribution in [2.45, 2.75) is 6.61 Å². The Morgan fingerprint density at radius 3 is 2.67 bits per heavy atom. The molecule has 0 amide bonds. The highest BCUT2D eigenvalue weighted by molar-refractivity contribution is 7.17. The minimum absolute atomic E-state index is 0.254. The number of aromatic carboxylic acids is 1. The first-order valence-corrected chi connectivity index (χ1v) is 7.13. The average molecular weight is 302 g/mol. The Hall–Kier alpha value is -2.40. The van der Waals surface area contributed by atoms with Crippen LogP contribution in [0.4, 0.5) is 4.39 Å². The van der Waals surface area contributed by atoms with Crippen molar-refractivity contribution in [2.24, 2.45) is 0 Å². The Bertz CT molecular complexity index is 793. The first-order chi connectivity index (χ1) is 10.1. The second-order valence-electron chi connectivity index (χ2n) is 4.52. The average Bonchev–Trinajstić information content (AvgIpc) is 2.89. The molecule has 106 valence electrons. The van der Waals surface area contributed by atoms with Crippen molar-refractivity contribution in [3.05, 3.63) is 64.8 Å². The summed E-state index contributed by atoms with van der Waals surface area (Å²) in [4.78, 5) is 11.0. The van der Waals surface area contributed by atoms with Crippen LogP contribution in [0.3, 0.4) is 0 Å². The van der Waals surface area contributed by atoms with Crippen molar-refractivity contribution in [3.8, 4) is 5.75 Å². The number of carboxylic acids is 1. The van der Waals surface area contributed by atoms with Gasteiger partial charge >= 0.3 is 5.97 Å². The maximum absolute atomic E-state index is 12.8. The highest BCUT2D eigenvalue weighted by Crippen LogP contribution is 2.28. The summed E-state index contributed by atoms with van der Waals surface area (Å²) >= 11 is 1.54. The fourth-order valence-corrected chi connectivity index (χ4v) is 2.95. The number of carbonyl (C=O) groups is 1. The van der Waals surface area contributed by atoms with Crippen molar-refractivity contribution >= 4 is 27.4 Å². The van der Waals surface area contributed by atoms with Crippen LogP contribution in [0.2, 0.25) is 0 Å². The number of thiophene rings is 1. The summed E-state index contributed by atoms with van der Waals surface area (Å²) < 4.78 is 19.4. The molecule has 5 heteroatoms. The molecule has 1 N–H and O–H groups in total. The van der Waals surface area contributed by atoms with E-state index >= 15 is 0 Å². The largest absolute Gasteiger partial charge is 0.489 e. The third-order valence-corrected chi connectivity index (χ3v) is 4.12. The molecular formula is C16H11FO3S. The van der Waals surface area contributed by atoms with Crippen molar-refractivity contribution in [3.63, 3.8) is 0 Å². The smallest absolute Gasteiger partial charge is 0.335 e. The number of hydrogen-bond acceptors (Lipinski definition) is 3. The summed E-state index contributed by atoms with van der Waals surface area (Å²) in [5.74, 6) is -0.687. The third kappa shape index (κ3) is 2.87. The van der Waals surface area contributed by atoms with E-state index in [-0.39, 0.29) is 11.4 Å². The SMILES string of the molecule is O=C(O)c1ccc2scc(COc3ccc(F)cc3)c2c1. The molecule has 0 saturated heterocycles. The normalized spacial score (nSPS) is 10.7. The molecule has 0 aliphatic rings. The predicted octanol–water partition coefficient (Wildman–Crippen LogP) is 4.32. The van der Waals surface area contributed by atoms with E-state index in [2.05, 4.69) is 0 Å². The van der Waals surface area contributed by atoms with Gasteiger partial charge in [0.25, 0.3) is 0 Å². The topological polar surface area (TPSA) is 46.5 Å². The minimum Gasteiger partial charge on any atom is -0.489 e. The molecule has 3 nitrogen and oxygen atoms in total. The van der Waals surface area contributed by atoms with E-state index in [4.69, 9.17) is 9.84 Å². The lowest BCUT2D eigenvalue weighted by molar-refractivity contribution is 0.0697. The summed E-state index contributed by atoms with van der Waals surface area (Å²) in [6, 6.07) is 10.8. The van der Waals surface area contributed by atoms with Crippen molar-refractivity contribution in [1.82, 2.24) is 0 Å². The zero-order chi connectivity index (χ0) is 14.8. The van der Waals surface area contributed by atoms with E-state index in [0.717, 1.165) is 15.6 Å². The van der Waals surface area contributed by atoms with Gasteiger partial charge in [0.15, 0.2) is 0 Å². The maximum Gasteiger partial charge on any atom is 0.335 e. The molecule has 0 unspecified atom stereocenters. The molecule has 1 heterocycles. The molecule has 0 aliphatic carbocycles. The standard InChI is InChI=1S/C16H11FO3S/c17-12-2-4-13(5-3-12)20-8-11-9-21-15-6-1-10(16(18)19)7-14(11)15/h1-7,9H,8H2,(H,18,19). The molecule has 2 aromatic carbocycles. The molecule has 3 rings (SSSR count). The molecule has 0 fully saturated rings. The Balaban J connectivity index is 1.84. The van der Waals surface area contributed by atoms with Crippen LogP contribution in [-0.2, 0) is 6.61 Å². The molecular weight excluding hydrogens is 291 g/mol. The summed E-state index contributed by atoms with van der Waals surface area (Å²) in [7, 11) is 0. The van der Waals surface area contributed by atoms with Gasteiger partial charge in [0, 0.05) is 10.3 Å². The van der Waals surface area contributed by atoms with Crippen LogP contribution in [-0.4, -0.2) is 11.1 Å². The minimum atomic E-state index is -0.950. The number of benzene rings is 2. The van der Waals surface area contributed by atoms with Crippen LogP contribution in [0.15, 0.2) is 47.8 Å². The monoisotopic (exact) mass is 302 g/mol. The van der Waals surface area contributed by atoms with E-state index in [1.807, 2.05) is 5.38 Å². The highest BCUT2D eigenvalue weighted by atomic mass is 32.1. The lowest BCUT2D eigenvalue weighted by Crippen LogP contribution is -1.97. The third-order valence-electron chi connectivity index (χ3n) is 3.11. The fourth-order valence-electron chi connectivity index (χ4n) is 2.02. The molecule has 0 saturated carbocycles. The van der Waals surface area contributed by atoms with Crippen LogP contribution in [0.1, 0.15) is 15.9 Å². The number of carboxylic acid groups (broad SMARTS) is 1. The maximum atomic E-state index is 12.8. The Morgan fingerprint density at radius 1 is 1.19 bits per heavy atom. The van der Waals surface area contributed by atoms with Gasteiger partial charge in [0.2, 0.25) is 0 Å². The lowest BCUT2D eigenvalue weighted by atomic mass is 10.1. The Kier molecular flexibility index (Phi) is 3.58. The number of fused-ring (bicyclic) bond motifs is 1. The molecule has 0 spiro atoms. The number of halogens is 1. The Labute approximate surface area is 124 Å². The van der Waals surface area contributed by atoms with Crippen LogP contribution in [0.25, 0.3) is 10.1 Å². The van der Waals surface area contributed by atoms with Crippen LogP contribution in [0, 0.1) is 5.82 Å². The van der Waals surface area contributed by atoms with Gasteiger partial charge in [-0.05, 0) is 53.2 Å². The van der Waals surface area contributed by atoms with E-state index < -0.39 is 5.97 Å². The molecule has 0 aliphatic heterocycles. The lowest BCUT2D eigenvalue weighted by Gasteiger charge is -2.05. The summed E-state index contributed by atoms with van der Waals surface area (Å²) in [6.07, 6.45) is 0. The summed E-state index contributed by atoms with van der Waals surface area (Å²) in [5.41, 5.74) is 1.17. The van der Waals surface area contributed by atoms with E-state index in [9.17, 15) is 9.18 Å². The number of ether oxygens (including phenoxy) is 1. The summed E-state index contributed by atoms with van der Waals surface area (Å²) in [6.45, 7) is 0.314. The molecule has 3 aromatic rings.